The number of carbonyl (C=O) groups is 1. The van der Waals surface area contributed by atoms with Crippen LogP contribution < -0.4 is 0 Å². The number of carboxylic acid groups (broad SMARTS) is 1. The lowest BCUT2D eigenvalue weighted by Crippen LogP contribution is -2.30. The van der Waals surface area contributed by atoms with Crippen LogP contribution in [0.15, 0.2) is 0 Å². The number of aliphatic carboxylic acids is 1. The van der Waals surface area contributed by atoms with Gasteiger partial charge in [-0.25, -0.2) is 4.79 Å². The largest absolute Gasteiger partial charge is 0.477 e. The summed E-state index contributed by atoms with van der Waals surface area (Å²) in [6.07, 6.45) is -0.286. The van der Waals surface area contributed by atoms with Gasteiger partial charge in [-0.3, -0.25) is 5.41 Å². The zero-order valence-electron chi connectivity index (χ0n) is 6.66. The topological polar surface area (TPSA) is 81.4 Å². The van der Waals surface area contributed by atoms with Crippen molar-refractivity contribution in [2.75, 3.05) is 0 Å². The molecule has 4 nitrogen and oxygen atoms in total. The van der Waals surface area contributed by atoms with Crippen LogP contribution in [-0.2, 0) is 4.79 Å². The highest BCUT2D eigenvalue weighted by Crippen LogP contribution is 2.09. The molecule has 0 aliphatic heterocycles. The van der Waals surface area contributed by atoms with Crippen molar-refractivity contribution in [2.45, 2.75) is 26.4 Å². The number of carboxylic acids is 1. The maximum Gasteiger partial charge on any atom is 0.349 e. The minimum atomic E-state index is -1.25. The standard InChI is InChI=1S/C7H13NO3/c1-3-5(4(2)9)6(8)7(10)11/h4-5,8-9H,3H2,1-2H3,(H,10,11). The molecule has 0 aromatic carbocycles. The maximum absolute atomic E-state index is 10.3. The van der Waals surface area contributed by atoms with Gasteiger partial charge < -0.3 is 10.2 Å². The molecule has 64 valence electrons. The van der Waals surface area contributed by atoms with E-state index in [1.165, 1.54) is 6.92 Å². The third kappa shape index (κ3) is 2.67. The van der Waals surface area contributed by atoms with Crippen LogP contribution in [0.2, 0.25) is 0 Å². The first kappa shape index (κ1) is 10.1. The van der Waals surface area contributed by atoms with E-state index in [1.54, 1.807) is 6.92 Å². The SMILES string of the molecule is CCC(C(=N)C(=O)O)C(C)O. The molecule has 3 N–H and O–H groups in total. The Morgan fingerprint density at radius 1 is 1.64 bits per heavy atom. The highest BCUT2D eigenvalue weighted by molar-refractivity contribution is 6.35. The molecule has 2 unspecified atom stereocenters. The van der Waals surface area contributed by atoms with Gasteiger partial charge in [0, 0.05) is 5.92 Å². The Morgan fingerprint density at radius 3 is 2.18 bits per heavy atom. The van der Waals surface area contributed by atoms with E-state index < -0.39 is 23.7 Å². The molecule has 0 aromatic rings. The molecule has 2 atom stereocenters. The van der Waals surface area contributed by atoms with Gasteiger partial charge in [0.1, 0.15) is 5.71 Å². The smallest absolute Gasteiger partial charge is 0.349 e. The van der Waals surface area contributed by atoms with E-state index in [0.717, 1.165) is 0 Å². The van der Waals surface area contributed by atoms with Crippen molar-refractivity contribution < 1.29 is 15.0 Å². The maximum atomic E-state index is 10.3. The zero-order chi connectivity index (χ0) is 9.02. The summed E-state index contributed by atoms with van der Waals surface area (Å²) in [6.45, 7) is 3.24. The van der Waals surface area contributed by atoms with Gasteiger partial charge in [0.05, 0.1) is 6.10 Å². The Kier molecular flexibility index (Phi) is 3.74. The van der Waals surface area contributed by atoms with Crippen molar-refractivity contribution in [3.05, 3.63) is 0 Å². The van der Waals surface area contributed by atoms with Crippen LogP contribution in [0.5, 0.6) is 0 Å². The molecule has 0 amide bonds. The summed E-state index contributed by atoms with van der Waals surface area (Å²) in [5.41, 5.74) is -0.414. The molecule has 0 saturated heterocycles. The van der Waals surface area contributed by atoms with Crippen molar-refractivity contribution >= 4 is 11.7 Å². The number of aliphatic hydroxyl groups is 1. The van der Waals surface area contributed by atoms with Crippen LogP contribution in [0.1, 0.15) is 20.3 Å². The van der Waals surface area contributed by atoms with E-state index in [1.807, 2.05) is 0 Å². The van der Waals surface area contributed by atoms with Gasteiger partial charge in [0.15, 0.2) is 0 Å². The molecule has 11 heavy (non-hydrogen) atoms. The zero-order valence-corrected chi connectivity index (χ0v) is 6.66. The van der Waals surface area contributed by atoms with Crippen LogP contribution in [0.25, 0.3) is 0 Å². The monoisotopic (exact) mass is 159 g/mol. The predicted molar refractivity (Wildman–Crippen MR) is 40.8 cm³/mol. The van der Waals surface area contributed by atoms with E-state index in [-0.39, 0.29) is 0 Å². The molecular formula is C7H13NO3. The predicted octanol–water partition coefficient (Wildman–Crippen LogP) is 0.498. The Balaban J connectivity index is 4.26. The first-order chi connectivity index (χ1) is 5.00. The lowest BCUT2D eigenvalue weighted by atomic mass is 9.95. The molecule has 0 bridgehead atoms. The van der Waals surface area contributed by atoms with Crippen LogP contribution in [0.3, 0.4) is 0 Å². The van der Waals surface area contributed by atoms with Crippen molar-refractivity contribution in [3.8, 4) is 0 Å². The number of rotatable bonds is 4. The molecule has 0 rings (SSSR count). The fraction of sp³-hybridized carbons (Fsp3) is 0.714. The summed E-state index contributed by atoms with van der Waals surface area (Å²) < 4.78 is 0. The third-order valence-electron chi connectivity index (χ3n) is 1.62. The normalized spacial score (nSPS) is 15.5. The molecule has 0 aliphatic rings. The lowest BCUT2D eigenvalue weighted by Gasteiger charge is -2.15. The molecule has 4 heteroatoms. The van der Waals surface area contributed by atoms with E-state index in [4.69, 9.17) is 15.6 Å². The van der Waals surface area contributed by atoms with Gasteiger partial charge in [0.2, 0.25) is 0 Å². The van der Waals surface area contributed by atoms with Gasteiger partial charge in [-0.15, -0.1) is 0 Å². The summed E-state index contributed by atoms with van der Waals surface area (Å²) in [7, 11) is 0. The highest BCUT2D eigenvalue weighted by atomic mass is 16.4. The average molecular weight is 159 g/mol. The van der Waals surface area contributed by atoms with Crippen molar-refractivity contribution in [2.24, 2.45) is 5.92 Å². The van der Waals surface area contributed by atoms with Crippen molar-refractivity contribution in [1.29, 1.82) is 5.41 Å². The molecular weight excluding hydrogens is 146 g/mol. The number of aliphatic hydroxyl groups excluding tert-OH is 1. The second-order valence-electron chi connectivity index (χ2n) is 2.47. The van der Waals surface area contributed by atoms with Crippen LogP contribution in [-0.4, -0.2) is 28.0 Å². The van der Waals surface area contributed by atoms with Crippen molar-refractivity contribution in [3.63, 3.8) is 0 Å². The Labute approximate surface area is 65.4 Å². The quantitative estimate of drug-likeness (QED) is 0.522. The summed E-state index contributed by atoms with van der Waals surface area (Å²) in [5.74, 6) is -1.80. The van der Waals surface area contributed by atoms with Crippen LogP contribution in [0.4, 0.5) is 0 Å². The molecule has 0 heterocycles. The van der Waals surface area contributed by atoms with Gasteiger partial charge in [-0.1, -0.05) is 6.92 Å². The second-order valence-corrected chi connectivity index (χ2v) is 2.47. The molecule has 0 saturated carbocycles. The highest BCUT2D eigenvalue weighted by Gasteiger charge is 2.22. The minimum absolute atomic E-state index is 0.414. The second kappa shape index (κ2) is 4.08. The Morgan fingerprint density at radius 2 is 2.09 bits per heavy atom. The third-order valence-corrected chi connectivity index (χ3v) is 1.62. The van der Waals surface area contributed by atoms with E-state index in [2.05, 4.69) is 0 Å². The van der Waals surface area contributed by atoms with E-state index in [0.29, 0.717) is 6.42 Å². The lowest BCUT2D eigenvalue weighted by molar-refractivity contribution is -0.130. The van der Waals surface area contributed by atoms with Gasteiger partial charge >= 0.3 is 5.97 Å². The number of hydrogen-bond acceptors (Lipinski definition) is 3. The molecule has 0 aromatic heterocycles. The van der Waals surface area contributed by atoms with Gasteiger partial charge in [0.25, 0.3) is 0 Å². The Hall–Kier alpha value is -0.900. The first-order valence-corrected chi connectivity index (χ1v) is 3.50. The molecule has 0 aliphatic carbocycles. The number of hydrogen-bond donors (Lipinski definition) is 3. The average Bonchev–Trinajstić information content (AvgIpc) is 1.88. The minimum Gasteiger partial charge on any atom is -0.477 e. The first-order valence-electron chi connectivity index (χ1n) is 3.50. The van der Waals surface area contributed by atoms with Crippen LogP contribution in [0, 0.1) is 11.3 Å². The summed E-state index contributed by atoms with van der Waals surface area (Å²) in [6, 6.07) is 0. The van der Waals surface area contributed by atoms with E-state index in [9.17, 15) is 4.79 Å². The fourth-order valence-electron chi connectivity index (χ4n) is 0.945. The molecule has 0 spiro atoms. The van der Waals surface area contributed by atoms with Crippen LogP contribution >= 0.6 is 0 Å². The molecule has 0 fully saturated rings. The van der Waals surface area contributed by atoms with Gasteiger partial charge in [-0.05, 0) is 13.3 Å². The fourth-order valence-corrected chi connectivity index (χ4v) is 0.945. The summed E-state index contributed by atoms with van der Waals surface area (Å²) >= 11 is 0. The molecule has 0 radical (unpaired) electrons. The summed E-state index contributed by atoms with van der Waals surface area (Å²) in [5, 5.41) is 24.5. The van der Waals surface area contributed by atoms with E-state index >= 15 is 0 Å². The number of nitrogens with one attached hydrogen (secondary N) is 1. The summed E-state index contributed by atoms with van der Waals surface area (Å²) in [4.78, 5) is 10.3. The Bertz CT molecular complexity index is 165. The van der Waals surface area contributed by atoms with Gasteiger partial charge in [-0.2, -0.15) is 0 Å². The van der Waals surface area contributed by atoms with Crippen molar-refractivity contribution in [1.82, 2.24) is 0 Å².